The molecule has 2 atom stereocenters. The molecule has 0 bridgehead atoms. The molecule has 134 valence electrons. The molecule has 24 heavy (non-hydrogen) atoms. The summed E-state index contributed by atoms with van der Waals surface area (Å²) in [5.41, 5.74) is -0.449. The molecule has 1 amide bonds. The fourth-order valence-corrected chi connectivity index (χ4v) is 3.07. The van der Waals surface area contributed by atoms with Crippen molar-refractivity contribution >= 4 is 5.91 Å². The van der Waals surface area contributed by atoms with Gasteiger partial charge in [0, 0.05) is 32.1 Å². The normalized spacial score (nSPS) is 19.4. The molecule has 2 unspecified atom stereocenters. The lowest BCUT2D eigenvalue weighted by molar-refractivity contribution is -0.131. The summed E-state index contributed by atoms with van der Waals surface area (Å²) >= 11 is 0. The van der Waals surface area contributed by atoms with Crippen LogP contribution in [-0.4, -0.2) is 41.6 Å². The zero-order valence-electron chi connectivity index (χ0n) is 14.7. The molecule has 0 spiro atoms. The van der Waals surface area contributed by atoms with Crippen molar-refractivity contribution < 1.29 is 14.3 Å². The molecule has 0 aliphatic carbocycles. The maximum absolute atomic E-state index is 13.0. The van der Waals surface area contributed by atoms with E-state index in [9.17, 15) is 14.3 Å². The van der Waals surface area contributed by atoms with Crippen molar-refractivity contribution in [2.45, 2.75) is 57.6 Å². The highest BCUT2D eigenvalue weighted by molar-refractivity contribution is 5.76. The molecule has 1 aromatic carbocycles. The third-order valence-corrected chi connectivity index (χ3v) is 4.70. The van der Waals surface area contributed by atoms with Gasteiger partial charge in [-0.15, -0.1) is 0 Å². The van der Waals surface area contributed by atoms with Crippen LogP contribution in [0.3, 0.4) is 0 Å². The molecule has 2 rings (SSSR count). The number of amides is 1. The van der Waals surface area contributed by atoms with E-state index in [1.807, 2.05) is 11.8 Å². The largest absolute Gasteiger partial charge is 0.384 e. The molecule has 0 aromatic heterocycles. The molecule has 1 aliphatic heterocycles. The number of hydrogen-bond donors (Lipinski definition) is 2. The summed E-state index contributed by atoms with van der Waals surface area (Å²) in [6, 6.07) is 5.84. The van der Waals surface area contributed by atoms with Gasteiger partial charge in [0.2, 0.25) is 5.91 Å². The number of hydrogen-bond acceptors (Lipinski definition) is 3. The summed E-state index contributed by atoms with van der Waals surface area (Å²) in [6.07, 6.45) is 5.02. The first-order chi connectivity index (χ1) is 11.4. The Morgan fingerprint density at radius 1 is 1.25 bits per heavy atom. The number of nitrogens with one attached hydrogen (secondary N) is 1. The molecule has 0 radical (unpaired) electrons. The van der Waals surface area contributed by atoms with Gasteiger partial charge in [-0.05, 0) is 44.4 Å². The predicted molar refractivity (Wildman–Crippen MR) is 93.1 cm³/mol. The van der Waals surface area contributed by atoms with Crippen LogP contribution >= 0.6 is 0 Å². The van der Waals surface area contributed by atoms with E-state index in [1.165, 1.54) is 25.0 Å². The lowest BCUT2D eigenvalue weighted by Crippen LogP contribution is -2.42. The van der Waals surface area contributed by atoms with Gasteiger partial charge in [0.15, 0.2) is 0 Å². The maximum Gasteiger partial charge on any atom is 0.224 e. The minimum Gasteiger partial charge on any atom is -0.384 e. The van der Waals surface area contributed by atoms with Crippen LogP contribution in [-0.2, 0) is 10.4 Å². The lowest BCUT2D eigenvalue weighted by Gasteiger charge is -2.27. The van der Waals surface area contributed by atoms with Gasteiger partial charge in [0.05, 0.1) is 5.60 Å². The van der Waals surface area contributed by atoms with Gasteiger partial charge in [-0.1, -0.05) is 25.0 Å². The highest BCUT2D eigenvalue weighted by Crippen LogP contribution is 2.20. The molecule has 1 aliphatic rings. The molecule has 1 fully saturated rings. The van der Waals surface area contributed by atoms with Gasteiger partial charge < -0.3 is 15.3 Å². The van der Waals surface area contributed by atoms with Crippen molar-refractivity contribution in [3.63, 3.8) is 0 Å². The predicted octanol–water partition coefficient (Wildman–Crippen LogP) is 2.80. The molecular weight excluding hydrogens is 307 g/mol. The second-order valence-corrected chi connectivity index (χ2v) is 7.06. The monoisotopic (exact) mass is 336 g/mol. The molecule has 0 saturated carbocycles. The van der Waals surface area contributed by atoms with Crippen LogP contribution in [0.1, 0.15) is 51.5 Å². The summed E-state index contributed by atoms with van der Waals surface area (Å²) < 4.78 is 13.0. The second kappa shape index (κ2) is 8.58. The van der Waals surface area contributed by atoms with Gasteiger partial charge in [0.1, 0.15) is 5.82 Å². The average Bonchev–Trinajstić information content (AvgIpc) is 2.83. The van der Waals surface area contributed by atoms with Crippen LogP contribution in [0.5, 0.6) is 0 Å². The average molecular weight is 336 g/mol. The van der Waals surface area contributed by atoms with Crippen LogP contribution in [0, 0.1) is 5.82 Å². The number of carbonyl (C=O) groups is 1. The molecule has 1 heterocycles. The third-order valence-electron chi connectivity index (χ3n) is 4.70. The number of halogens is 1. The quantitative estimate of drug-likeness (QED) is 0.840. The number of aliphatic hydroxyl groups is 1. The lowest BCUT2D eigenvalue weighted by atomic mass is 9.95. The molecule has 1 aromatic rings. The Labute approximate surface area is 144 Å². The smallest absolute Gasteiger partial charge is 0.224 e. The second-order valence-electron chi connectivity index (χ2n) is 7.06. The Bertz CT molecular complexity index is 523. The van der Waals surface area contributed by atoms with E-state index in [2.05, 4.69) is 5.32 Å². The van der Waals surface area contributed by atoms with Crippen molar-refractivity contribution in [3.8, 4) is 0 Å². The SMILES string of the molecule is CC(CC(=O)N1CCCCCC1)NCC(C)(O)c1ccc(F)cc1. The van der Waals surface area contributed by atoms with Crippen molar-refractivity contribution in [2.24, 2.45) is 0 Å². The van der Waals surface area contributed by atoms with Gasteiger partial charge in [0.25, 0.3) is 0 Å². The molecular formula is C19H29FN2O2. The van der Waals surface area contributed by atoms with E-state index in [0.29, 0.717) is 18.5 Å². The first-order valence-corrected chi connectivity index (χ1v) is 8.88. The first-order valence-electron chi connectivity index (χ1n) is 8.88. The van der Waals surface area contributed by atoms with E-state index < -0.39 is 5.60 Å². The fraction of sp³-hybridized carbons (Fsp3) is 0.632. The Kier molecular flexibility index (Phi) is 6.75. The molecule has 1 saturated heterocycles. The summed E-state index contributed by atoms with van der Waals surface area (Å²) in [6.45, 7) is 5.68. The van der Waals surface area contributed by atoms with E-state index in [0.717, 1.165) is 25.9 Å². The van der Waals surface area contributed by atoms with Gasteiger partial charge in [-0.25, -0.2) is 4.39 Å². The van der Waals surface area contributed by atoms with Crippen LogP contribution in [0.25, 0.3) is 0 Å². The van der Waals surface area contributed by atoms with E-state index in [1.54, 1.807) is 19.1 Å². The van der Waals surface area contributed by atoms with E-state index >= 15 is 0 Å². The summed E-state index contributed by atoms with van der Waals surface area (Å²) in [5, 5.41) is 13.8. The Morgan fingerprint density at radius 2 is 1.83 bits per heavy atom. The number of benzene rings is 1. The van der Waals surface area contributed by atoms with E-state index in [-0.39, 0.29) is 17.8 Å². The molecule has 2 N–H and O–H groups in total. The van der Waals surface area contributed by atoms with Crippen LogP contribution in [0.15, 0.2) is 24.3 Å². The van der Waals surface area contributed by atoms with E-state index in [4.69, 9.17) is 0 Å². The number of likely N-dealkylation sites (tertiary alicyclic amines) is 1. The zero-order chi connectivity index (χ0) is 17.6. The minimum absolute atomic E-state index is 0.0207. The fourth-order valence-electron chi connectivity index (χ4n) is 3.07. The Morgan fingerprint density at radius 3 is 2.42 bits per heavy atom. The zero-order valence-corrected chi connectivity index (χ0v) is 14.7. The molecule has 4 nitrogen and oxygen atoms in total. The number of carbonyl (C=O) groups excluding carboxylic acids is 1. The Hall–Kier alpha value is -1.46. The van der Waals surface area contributed by atoms with Gasteiger partial charge in [-0.3, -0.25) is 4.79 Å². The van der Waals surface area contributed by atoms with Crippen LogP contribution in [0.2, 0.25) is 0 Å². The standard InChI is InChI=1S/C19H29FN2O2/c1-15(13-18(23)22-11-5-3-4-6-12-22)21-14-19(2,24)16-7-9-17(20)10-8-16/h7-10,15,21,24H,3-6,11-14H2,1-2H3. The van der Waals surface area contributed by atoms with Crippen molar-refractivity contribution in [1.82, 2.24) is 10.2 Å². The highest BCUT2D eigenvalue weighted by atomic mass is 19.1. The molecule has 5 heteroatoms. The van der Waals surface area contributed by atoms with Crippen molar-refractivity contribution in [3.05, 3.63) is 35.6 Å². The highest BCUT2D eigenvalue weighted by Gasteiger charge is 2.25. The maximum atomic E-state index is 13.0. The van der Waals surface area contributed by atoms with Crippen LogP contribution < -0.4 is 5.32 Å². The van der Waals surface area contributed by atoms with Crippen molar-refractivity contribution in [1.29, 1.82) is 0 Å². The summed E-state index contributed by atoms with van der Waals surface area (Å²) in [5.74, 6) is -0.141. The summed E-state index contributed by atoms with van der Waals surface area (Å²) in [4.78, 5) is 14.3. The Balaban J connectivity index is 1.82. The van der Waals surface area contributed by atoms with Gasteiger partial charge >= 0.3 is 0 Å². The first kappa shape index (κ1) is 18.9. The van der Waals surface area contributed by atoms with Crippen LogP contribution in [0.4, 0.5) is 4.39 Å². The topological polar surface area (TPSA) is 52.6 Å². The van der Waals surface area contributed by atoms with Crippen molar-refractivity contribution in [2.75, 3.05) is 19.6 Å². The third kappa shape index (κ3) is 5.56. The van der Waals surface area contributed by atoms with Gasteiger partial charge in [-0.2, -0.15) is 0 Å². The minimum atomic E-state index is -1.10. The summed E-state index contributed by atoms with van der Waals surface area (Å²) in [7, 11) is 0. The number of nitrogens with zero attached hydrogens (tertiary/aromatic N) is 1. The number of rotatable bonds is 6.